The van der Waals surface area contributed by atoms with Crippen LogP contribution >= 0.6 is 0 Å². The van der Waals surface area contributed by atoms with Crippen molar-refractivity contribution < 1.29 is 9.50 Å². The van der Waals surface area contributed by atoms with Crippen LogP contribution in [-0.4, -0.2) is 5.11 Å². The van der Waals surface area contributed by atoms with Crippen molar-refractivity contribution in [1.82, 2.24) is 0 Å². The molecule has 0 heterocycles. The van der Waals surface area contributed by atoms with Crippen LogP contribution in [0.15, 0.2) is 48.5 Å². The molecule has 0 spiro atoms. The number of phenolic OH excluding ortho intramolecular Hbond substituents is 1. The second-order valence-corrected chi connectivity index (χ2v) is 7.99. The third kappa shape index (κ3) is 3.12. The minimum absolute atomic E-state index is 0.122. The average molecular weight is 312 g/mol. The van der Waals surface area contributed by atoms with Crippen LogP contribution in [0.25, 0.3) is 0 Å². The monoisotopic (exact) mass is 312 g/mol. The Labute approximate surface area is 138 Å². The summed E-state index contributed by atoms with van der Waals surface area (Å²) in [5, 5.41) is 9.65. The molecular weight excluding hydrogens is 287 g/mol. The summed E-state index contributed by atoms with van der Waals surface area (Å²) in [4.78, 5) is 0. The van der Waals surface area contributed by atoms with Gasteiger partial charge >= 0.3 is 0 Å². The molecule has 0 aliphatic heterocycles. The second kappa shape index (κ2) is 5.67. The van der Waals surface area contributed by atoms with Crippen LogP contribution in [0.5, 0.6) is 5.75 Å². The van der Waals surface area contributed by atoms with Gasteiger partial charge in [-0.15, -0.1) is 0 Å². The van der Waals surface area contributed by atoms with Gasteiger partial charge in [-0.3, -0.25) is 0 Å². The average Bonchev–Trinajstić information content (AvgIpc) is 2.46. The van der Waals surface area contributed by atoms with Gasteiger partial charge in [0.2, 0.25) is 0 Å². The van der Waals surface area contributed by atoms with Crippen LogP contribution in [0.4, 0.5) is 4.39 Å². The topological polar surface area (TPSA) is 20.2 Å². The van der Waals surface area contributed by atoms with Crippen molar-refractivity contribution >= 4 is 0 Å². The summed E-state index contributed by atoms with van der Waals surface area (Å²) in [6.07, 6.45) is 3.28. The van der Waals surface area contributed by atoms with Gasteiger partial charge in [0.1, 0.15) is 11.6 Å². The Morgan fingerprint density at radius 3 is 1.96 bits per heavy atom. The SMILES string of the molecule is CC1CC(C)(C)CC(c2ccc(O)cc2)(c2ccc(F)cc2)C1. The maximum absolute atomic E-state index is 13.4. The summed E-state index contributed by atoms with van der Waals surface area (Å²) in [6, 6.07) is 14.5. The predicted molar refractivity (Wildman–Crippen MR) is 92.1 cm³/mol. The van der Waals surface area contributed by atoms with Gasteiger partial charge in [-0.1, -0.05) is 45.0 Å². The predicted octanol–water partition coefficient (Wildman–Crippen LogP) is 5.66. The Bertz CT molecular complexity index is 624. The zero-order valence-corrected chi connectivity index (χ0v) is 14.1. The van der Waals surface area contributed by atoms with E-state index in [1.54, 1.807) is 24.3 Å². The number of rotatable bonds is 2. The fourth-order valence-corrected chi connectivity index (χ4v) is 4.73. The van der Waals surface area contributed by atoms with E-state index >= 15 is 0 Å². The van der Waals surface area contributed by atoms with Crippen LogP contribution in [0.1, 0.15) is 51.2 Å². The van der Waals surface area contributed by atoms with Crippen molar-refractivity contribution in [2.75, 3.05) is 0 Å². The molecule has 1 nitrogen and oxygen atoms in total. The Morgan fingerprint density at radius 1 is 0.913 bits per heavy atom. The minimum Gasteiger partial charge on any atom is -0.508 e. The quantitative estimate of drug-likeness (QED) is 0.758. The zero-order valence-electron chi connectivity index (χ0n) is 14.1. The lowest BCUT2D eigenvalue weighted by Crippen LogP contribution is -2.41. The highest BCUT2D eigenvalue weighted by atomic mass is 19.1. The first-order chi connectivity index (χ1) is 10.8. The van der Waals surface area contributed by atoms with Crippen LogP contribution < -0.4 is 0 Å². The first-order valence-electron chi connectivity index (χ1n) is 8.36. The summed E-state index contributed by atoms with van der Waals surface area (Å²) in [5.41, 5.74) is 2.48. The number of benzene rings is 2. The van der Waals surface area contributed by atoms with Crippen molar-refractivity contribution in [3.8, 4) is 5.75 Å². The largest absolute Gasteiger partial charge is 0.508 e. The van der Waals surface area contributed by atoms with Gasteiger partial charge in [-0.25, -0.2) is 4.39 Å². The van der Waals surface area contributed by atoms with Crippen molar-refractivity contribution in [2.45, 2.75) is 45.4 Å². The molecule has 122 valence electrons. The maximum atomic E-state index is 13.4. The van der Waals surface area contributed by atoms with Crippen molar-refractivity contribution in [2.24, 2.45) is 11.3 Å². The Balaban J connectivity index is 2.16. The molecule has 1 fully saturated rings. The standard InChI is InChI=1S/C21H25FO/c1-15-12-20(2,3)14-21(13-15,16-4-8-18(22)9-5-16)17-6-10-19(23)11-7-17/h4-11,15,23H,12-14H2,1-3H3. The van der Waals surface area contributed by atoms with E-state index in [0.717, 1.165) is 12.8 Å². The molecule has 0 aromatic heterocycles. The lowest BCUT2D eigenvalue weighted by atomic mass is 9.55. The molecule has 1 N–H and O–H groups in total. The first-order valence-corrected chi connectivity index (χ1v) is 8.36. The molecule has 3 rings (SSSR count). The van der Waals surface area contributed by atoms with E-state index in [9.17, 15) is 9.50 Å². The van der Waals surface area contributed by atoms with Gasteiger partial charge in [-0.05, 0) is 66.0 Å². The molecule has 2 aromatic carbocycles. The van der Waals surface area contributed by atoms with Gasteiger partial charge in [0.15, 0.2) is 0 Å². The number of hydrogen-bond acceptors (Lipinski definition) is 1. The van der Waals surface area contributed by atoms with Crippen LogP contribution in [0.2, 0.25) is 0 Å². The normalized spacial score (nSPS) is 26.9. The van der Waals surface area contributed by atoms with E-state index in [1.807, 2.05) is 24.3 Å². The molecule has 0 bridgehead atoms. The summed E-state index contributed by atoms with van der Waals surface area (Å²) in [6.45, 7) is 6.95. The molecule has 1 aliphatic carbocycles. The third-order valence-corrected chi connectivity index (χ3v) is 5.19. The Hall–Kier alpha value is -1.83. The minimum atomic E-state index is -0.197. The van der Waals surface area contributed by atoms with E-state index in [0.29, 0.717) is 5.92 Å². The highest BCUT2D eigenvalue weighted by Gasteiger charge is 2.45. The number of halogens is 1. The van der Waals surface area contributed by atoms with Crippen molar-refractivity contribution in [3.05, 3.63) is 65.5 Å². The molecule has 0 radical (unpaired) electrons. The van der Waals surface area contributed by atoms with Gasteiger partial charge in [0, 0.05) is 5.41 Å². The maximum Gasteiger partial charge on any atom is 0.123 e. The lowest BCUT2D eigenvalue weighted by Gasteiger charge is -2.48. The molecule has 2 atom stereocenters. The van der Waals surface area contributed by atoms with Crippen molar-refractivity contribution in [1.29, 1.82) is 0 Å². The molecule has 0 saturated heterocycles. The van der Waals surface area contributed by atoms with Crippen molar-refractivity contribution in [3.63, 3.8) is 0 Å². The summed E-state index contributed by atoms with van der Waals surface area (Å²) >= 11 is 0. The fourth-order valence-electron chi connectivity index (χ4n) is 4.73. The van der Waals surface area contributed by atoms with Gasteiger partial charge in [0.25, 0.3) is 0 Å². The summed E-state index contributed by atoms with van der Waals surface area (Å²) in [7, 11) is 0. The Kier molecular flexibility index (Phi) is 3.95. The molecule has 1 saturated carbocycles. The molecule has 2 aromatic rings. The van der Waals surface area contributed by atoms with Crippen LogP contribution in [-0.2, 0) is 5.41 Å². The molecule has 2 unspecified atom stereocenters. The summed E-state index contributed by atoms with van der Waals surface area (Å²) in [5.74, 6) is 0.682. The Morgan fingerprint density at radius 2 is 1.43 bits per heavy atom. The highest BCUT2D eigenvalue weighted by Crippen LogP contribution is 2.53. The van der Waals surface area contributed by atoms with Crippen LogP contribution in [0.3, 0.4) is 0 Å². The van der Waals surface area contributed by atoms with Crippen LogP contribution in [0, 0.1) is 17.2 Å². The van der Waals surface area contributed by atoms with Gasteiger partial charge in [0.05, 0.1) is 0 Å². The smallest absolute Gasteiger partial charge is 0.123 e. The number of aromatic hydroxyl groups is 1. The van der Waals surface area contributed by atoms with E-state index in [4.69, 9.17) is 0 Å². The second-order valence-electron chi connectivity index (χ2n) is 7.99. The number of hydrogen-bond donors (Lipinski definition) is 1. The fraction of sp³-hybridized carbons (Fsp3) is 0.429. The molecule has 1 aliphatic rings. The van der Waals surface area contributed by atoms with E-state index in [-0.39, 0.29) is 22.4 Å². The van der Waals surface area contributed by atoms with E-state index in [1.165, 1.54) is 17.5 Å². The molecule has 23 heavy (non-hydrogen) atoms. The van der Waals surface area contributed by atoms with E-state index in [2.05, 4.69) is 20.8 Å². The summed E-state index contributed by atoms with van der Waals surface area (Å²) < 4.78 is 13.4. The highest BCUT2D eigenvalue weighted by molar-refractivity contribution is 5.42. The van der Waals surface area contributed by atoms with Gasteiger partial charge < -0.3 is 5.11 Å². The number of phenols is 1. The molecule has 0 amide bonds. The van der Waals surface area contributed by atoms with E-state index < -0.39 is 0 Å². The lowest BCUT2D eigenvalue weighted by molar-refractivity contribution is 0.127. The zero-order chi connectivity index (χ0) is 16.7. The first kappa shape index (κ1) is 16.0. The molecule has 2 heteroatoms. The van der Waals surface area contributed by atoms with Gasteiger partial charge in [-0.2, -0.15) is 0 Å². The molecular formula is C21H25FO. The third-order valence-electron chi connectivity index (χ3n) is 5.19.